The maximum atomic E-state index is 11.1. The van der Waals surface area contributed by atoms with Gasteiger partial charge in [0.2, 0.25) is 0 Å². The fourth-order valence-electron chi connectivity index (χ4n) is 2.00. The monoisotopic (exact) mass is 326 g/mol. The summed E-state index contributed by atoms with van der Waals surface area (Å²) < 4.78 is 6.75. The molecule has 104 valence electrons. The minimum atomic E-state index is -0.779. The largest absolute Gasteiger partial charge is 0.489 e. The molecule has 3 nitrogen and oxygen atoms in total. The molecule has 0 amide bonds. The van der Waals surface area contributed by atoms with Crippen molar-refractivity contribution >= 4 is 21.9 Å². The Hall–Kier alpha value is -1.03. The molecule has 2 rings (SSSR count). The standard InChI is InChI=1S/C15H19BrO3/c1-15(2,14(17)18)9-10-6-7-13(12(16)8-10)19-11-4-3-5-11/h6-8,11H,3-5,9H2,1-2H3,(H,17,18). The number of carbonyl (C=O) groups is 1. The predicted molar refractivity (Wildman–Crippen MR) is 77.5 cm³/mol. The van der Waals surface area contributed by atoms with Gasteiger partial charge in [0.25, 0.3) is 0 Å². The van der Waals surface area contributed by atoms with Crippen molar-refractivity contribution in [1.29, 1.82) is 0 Å². The van der Waals surface area contributed by atoms with Crippen molar-refractivity contribution in [3.8, 4) is 5.75 Å². The van der Waals surface area contributed by atoms with E-state index >= 15 is 0 Å². The first-order valence-electron chi connectivity index (χ1n) is 6.57. The van der Waals surface area contributed by atoms with E-state index in [0.29, 0.717) is 12.5 Å². The van der Waals surface area contributed by atoms with Gasteiger partial charge in [-0.05, 0) is 73.2 Å². The molecule has 0 saturated heterocycles. The van der Waals surface area contributed by atoms with E-state index in [1.807, 2.05) is 18.2 Å². The van der Waals surface area contributed by atoms with Gasteiger partial charge in [-0.15, -0.1) is 0 Å². The van der Waals surface area contributed by atoms with Gasteiger partial charge in [-0.2, -0.15) is 0 Å². The van der Waals surface area contributed by atoms with E-state index in [9.17, 15) is 4.79 Å². The molecule has 0 bridgehead atoms. The third kappa shape index (κ3) is 3.50. The molecule has 1 aliphatic rings. The number of carboxylic acid groups (broad SMARTS) is 1. The molecule has 0 radical (unpaired) electrons. The summed E-state index contributed by atoms with van der Waals surface area (Å²) in [6.45, 7) is 3.48. The molecule has 0 spiro atoms. The SMILES string of the molecule is CC(C)(Cc1ccc(OC2CCC2)c(Br)c1)C(=O)O. The number of aliphatic carboxylic acids is 1. The summed E-state index contributed by atoms with van der Waals surface area (Å²) in [6.07, 6.45) is 4.34. The first-order chi connectivity index (χ1) is 8.88. The van der Waals surface area contributed by atoms with Gasteiger partial charge in [-0.1, -0.05) is 6.07 Å². The fourth-order valence-corrected chi connectivity index (χ4v) is 2.52. The maximum Gasteiger partial charge on any atom is 0.309 e. The highest BCUT2D eigenvalue weighted by molar-refractivity contribution is 9.10. The van der Waals surface area contributed by atoms with Gasteiger partial charge in [0, 0.05) is 0 Å². The fraction of sp³-hybridized carbons (Fsp3) is 0.533. The highest BCUT2D eigenvalue weighted by atomic mass is 79.9. The minimum Gasteiger partial charge on any atom is -0.489 e. The van der Waals surface area contributed by atoms with Crippen LogP contribution in [0.4, 0.5) is 0 Å². The summed E-state index contributed by atoms with van der Waals surface area (Å²) in [4.78, 5) is 11.1. The second-order valence-electron chi connectivity index (χ2n) is 5.80. The Kier molecular flexibility index (Phi) is 4.19. The first-order valence-corrected chi connectivity index (χ1v) is 7.36. The van der Waals surface area contributed by atoms with Crippen LogP contribution in [0.1, 0.15) is 38.7 Å². The smallest absolute Gasteiger partial charge is 0.309 e. The highest BCUT2D eigenvalue weighted by Gasteiger charge is 2.27. The third-order valence-electron chi connectivity index (χ3n) is 3.57. The van der Waals surface area contributed by atoms with Crippen LogP contribution in [0.25, 0.3) is 0 Å². The zero-order valence-corrected chi connectivity index (χ0v) is 12.9. The Bertz CT molecular complexity index is 478. The number of hydrogen-bond donors (Lipinski definition) is 1. The van der Waals surface area contributed by atoms with E-state index in [-0.39, 0.29) is 0 Å². The van der Waals surface area contributed by atoms with Crippen LogP contribution in [0.2, 0.25) is 0 Å². The summed E-state index contributed by atoms with van der Waals surface area (Å²) in [7, 11) is 0. The van der Waals surface area contributed by atoms with Crippen LogP contribution in [-0.4, -0.2) is 17.2 Å². The number of benzene rings is 1. The van der Waals surface area contributed by atoms with Crippen LogP contribution in [-0.2, 0) is 11.2 Å². The van der Waals surface area contributed by atoms with E-state index in [1.165, 1.54) is 6.42 Å². The van der Waals surface area contributed by atoms with Gasteiger partial charge in [0.15, 0.2) is 0 Å². The molecule has 1 N–H and O–H groups in total. The molecule has 0 aromatic heterocycles. The van der Waals surface area contributed by atoms with Crippen molar-refractivity contribution in [2.24, 2.45) is 5.41 Å². The van der Waals surface area contributed by atoms with Crippen molar-refractivity contribution in [2.45, 2.75) is 45.6 Å². The molecule has 19 heavy (non-hydrogen) atoms. The summed E-state index contributed by atoms with van der Waals surface area (Å²) in [5.74, 6) is 0.0694. The molecular weight excluding hydrogens is 308 g/mol. The van der Waals surface area contributed by atoms with E-state index < -0.39 is 11.4 Å². The summed E-state index contributed by atoms with van der Waals surface area (Å²) >= 11 is 3.50. The minimum absolute atomic E-state index is 0.345. The van der Waals surface area contributed by atoms with Crippen molar-refractivity contribution < 1.29 is 14.6 Å². The zero-order valence-electron chi connectivity index (χ0n) is 11.3. The average Bonchev–Trinajstić information content (AvgIpc) is 2.24. The Balaban J connectivity index is 2.07. The second-order valence-corrected chi connectivity index (χ2v) is 6.66. The molecule has 0 atom stereocenters. The van der Waals surface area contributed by atoms with Gasteiger partial charge in [0.05, 0.1) is 16.0 Å². The Labute approximate surface area is 122 Å². The lowest BCUT2D eigenvalue weighted by atomic mass is 9.86. The van der Waals surface area contributed by atoms with Crippen LogP contribution in [0.5, 0.6) is 5.75 Å². The first kappa shape index (κ1) is 14.4. The van der Waals surface area contributed by atoms with Crippen molar-refractivity contribution in [1.82, 2.24) is 0 Å². The van der Waals surface area contributed by atoms with E-state index in [0.717, 1.165) is 28.6 Å². The quantitative estimate of drug-likeness (QED) is 0.888. The maximum absolute atomic E-state index is 11.1. The summed E-state index contributed by atoms with van der Waals surface area (Å²) in [6, 6.07) is 5.83. The van der Waals surface area contributed by atoms with Crippen LogP contribution in [0.15, 0.2) is 22.7 Å². The number of ether oxygens (including phenoxy) is 1. The Morgan fingerprint density at radius 3 is 2.63 bits per heavy atom. The third-order valence-corrected chi connectivity index (χ3v) is 4.19. The Morgan fingerprint density at radius 2 is 2.16 bits per heavy atom. The van der Waals surface area contributed by atoms with Crippen LogP contribution in [0.3, 0.4) is 0 Å². The molecular formula is C15H19BrO3. The molecule has 0 heterocycles. The van der Waals surface area contributed by atoms with Crippen LogP contribution < -0.4 is 4.74 Å². The lowest BCUT2D eigenvalue weighted by Crippen LogP contribution is -2.26. The normalized spacial score (nSPS) is 15.9. The van der Waals surface area contributed by atoms with Crippen molar-refractivity contribution in [2.75, 3.05) is 0 Å². The highest BCUT2D eigenvalue weighted by Crippen LogP contribution is 2.33. The molecule has 1 aromatic carbocycles. The number of halogens is 1. The molecule has 1 saturated carbocycles. The molecule has 1 fully saturated rings. The molecule has 1 aromatic rings. The number of hydrogen-bond acceptors (Lipinski definition) is 2. The average molecular weight is 327 g/mol. The number of carboxylic acids is 1. The van der Waals surface area contributed by atoms with Crippen molar-refractivity contribution in [3.63, 3.8) is 0 Å². The topological polar surface area (TPSA) is 46.5 Å². The van der Waals surface area contributed by atoms with Gasteiger partial charge < -0.3 is 9.84 Å². The van der Waals surface area contributed by atoms with Gasteiger partial charge in [-0.3, -0.25) is 4.79 Å². The molecule has 0 unspecified atom stereocenters. The van der Waals surface area contributed by atoms with Crippen LogP contribution >= 0.6 is 15.9 Å². The molecule has 1 aliphatic carbocycles. The van der Waals surface area contributed by atoms with Crippen LogP contribution in [0, 0.1) is 5.41 Å². The molecule has 0 aliphatic heterocycles. The predicted octanol–water partition coefficient (Wildman–Crippen LogP) is 4.03. The lowest BCUT2D eigenvalue weighted by Gasteiger charge is -2.27. The molecule has 4 heteroatoms. The van der Waals surface area contributed by atoms with Gasteiger partial charge in [-0.25, -0.2) is 0 Å². The summed E-state index contributed by atoms with van der Waals surface area (Å²) in [5, 5.41) is 9.15. The van der Waals surface area contributed by atoms with E-state index in [1.54, 1.807) is 13.8 Å². The second kappa shape index (κ2) is 5.53. The Morgan fingerprint density at radius 1 is 1.47 bits per heavy atom. The van der Waals surface area contributed by atoms with E-state index in [2.05, 4.69) is 15.9 Å². The zero-order chi connectivity index (χ0) is 14.0. The van der Waals surface area contributed by atoms with Crippen molar-refractivity contribution in [3.05, 3.63) is 28.2 Å². The number of rotatable bonds is 5. The lowest BCUT2D eigenvalue weighted by molar-refractivity contribution is -0.146. The van der Waals surface area contributed by atoms with Gasteiger partial charge >= 0.3 is 5.97 Å². The van der Waals surface area contributed by atoms with E-state index in [4.69, 9.17) is 9.84 Å². The summed E-state index contributed by atoms with van der Waals surface area (Å²) in [5.41, 5.74) is 0.246. The van der Waals surface area contributed by atoms with Gasteiger partial charge in [0.1, 0.15) is 5.75 Å².